The molecule has 0 radical (unpaired) electrons. The summed E-state index contributed by atoms with van der Waals surface area (Å²) < 4.78 is 31.8. The van der Waals surface area contributed by atoms with Crippen LogP contribution in [0, 0.1) is 0 Å². The lowest BCUT2D eigenvalue weighted by Crippen LogP contribution is -2.36. The molecule has 0 fully saturated rings. The monoisotopic (exact) mass is 315 g/mol. The van der Waals surface area contributed by atoms with Gasteiger partial charge < -0.3 is 15.4 Å². The summed E-state index contributed by atoms with van der Waals surface area (Å²) in [5.41, 5.74) is 6.15. The number of hydrogen-bond acceptors (Lipinski definition) is 5. The lowest BCUT2D eigenvalue weighted by molar-refractivity contribution is 0.177. The zero-order chi connectivity index (χ0) is 15.9. The molecule has 1 aromatic carbocycles. The molecule has 0 atom stereocenters. The van der Waals surface area contributed by atoms with Gasteiger partial charge in [-0.05, 0) is 51.3 Å². The molecule has 0 aromatic heterocycles. The lowest BCUT2D eigenvalue weighted by Gasteiger charge is -2.22. The molecule has 1 aromatic rings. The maximum Gasteiger partial charge on any atom is 0.243 e. The smallest absolute Gasteiger partial charge is 0.243 e. The van der Waals surface area contributed by atoms with Crippen molar-refractivity contribution in [2.24, 2.45) is 0 Å². The van der Waals surface area contributed by atoms with E-state index >= 15 is 0 Å². The molecular formula is C14H25N3O3S. The Morgan fingerprint density at radius 2 is 1.71 bits per heavy atom. The minimum absolute atomic E-state index is 0.262. The van der Waals surface area contributed by atoms with E-state index in [1.807, 2.05) is 19.0 Å². The Balaban J connectivity index is 2.86. The van der Waals surface area contributed by atoms with Gasteiger partial charge in [0.05, 0.1) is 11.5 Å². The quantitative estimate of drug-likeness (QED) is 0.684. The predicted molar refractivity (Wildman–Crippen MR) is 84.7 cm³/mol. The van der Waals surface area contributed by atoms with Crippen LogP contribution in [0.4, 0.5) is 5.69 Å². The number of benzene rings is 1. The molecule has 0 aliphatic heterocycles. The van der Waals surface area contributed by atoms with Crippen LogP contribution in [0.3, 0.4) is 0 Å². The highest BCUT2D eigenvalue weighted by molar-refractivity contribution is 7.89. The zero-order valence-electron chi connectivity index (χ0n) is 12.9. The maximum absolute atomic E-state index is 12.6. The average molecular weight is 315 g/mol. The van der Waals surface area contributed by atoms with Gasteiger partial charge in [0, 0.05) is 25.9 Å². The Kier molecular flexibility index (Phi) is 7.10. The van der Waals surface area contributed by atoms with Gasteiger partial charge in [0.2, 0.25) is 10.0 Å². The van der Waals surface area contributed by atoms with Crippen LogP contribution in [0.5, 0.6) is 0 Å². The SMILES string of the molecule is COCCN(CCCN(C)C)S(=O)(=O)c1ccc(N)cc1. The number of sulfonamides is 1. The van der Waals surface area contributed by atoms with E-state index in [1.54, 1.807) is 19.2 Å². The van der Waals surface area contributed by atoms with Gasteiger partial charge in [0.25, 0.3) is 0 Å². The molecule has 2 N–H and O–H groups in total. The number of anilines is 1. The van der Waals surface area contributed by atoms with E-state index in [0.717, 1.165) is 13.0 Å². The summed E-state index contributed by atoms with van der Waals surface area (Å²) >= 11 is 0. The van der Waals surface area contributed by atoms with Crippen LogP contribution in [-0.4, -0.2) is 65.1 Å². The van der Waals surface area contributed by atoms with Crippen molar-refractivity contribution in [1.82, 2.24) is 9.21 Å². The molecule has 1 rings (SSSR count). The molecule has 0 unspecified atom stereocenters. The van der Waals surface area contributed by atoms with E-state index in [2.05, 4.69) is 0 Å². The van der Waals surface area contributed by atoms with Gasteiger partial charge in [-0.25, -0.2) is 8.42 Å². The topological polar surface area (TPSA) is 75.9 Å². The van der Waals surface area contributed by atoms with E-state index < -0.39 is 10.0 Å². The first-order valence-corrected chi connectivity index (χ1v) is 8.31. The van der Waals surface area contributed by atoms with Gasteiger partial charge in [-0.15, -0.1) is 0 Å². The Labute approximate surface area is 127 Å². The third-order valence-electron chi connectivity index (χ3n) is 3.08. The summed E-state index contributed by atoms with van der Waals surface area (Å²) in [6.45, 7) is 2.02. The largest absolute Gasteiger partial charge is 0.399 e. The summed E-state index contributed by atoms with van der Waals surface area (Å²) in [5, 5.41) is 0. The van der Waals surface area contributed by atoms with Crippen molar-refractivity contribution in [3.05, 3.63) is 24.3 Å². The molecule has 0 spiro atoms. The average Bonchev–Trinajstić information content (AvgIpc) is 2.42. The van der Waals surface area contributed by atoms with Crippen molar-refractivity contribution in [2.75, 3.05) is 53.2 Å². The van der Waals surface area contributed by atoms with Gasteiger partial charge in [0.1, 0.15) is 0 Å². The number of nitrogen functional groups attached to an aromatic ring is 1. The Morgan fingerprint density at radius 1 is 1.10 bits per heavy atom. The molecule has 0 bridgehead atoms. The van der Waals surface area contributed by atoms with Gasteiger partial charge in [-0.3, -0.25) is 0 Å². The highest BCUT2D eigenvalue weighted by atomic mass is 32.2. The van der Waals surface area contributed by atoms with Crippen LogP contribution in [0.25, 0.3) is 0 Å². The Hall–Kier alpha value is -1.15. The molecule has 21 heavy (non-hydrogen) atoms. The summed E-state index contributed by atoms with van der Waals surface area (Å²) in [6.07, 6.45) is 0.769. The zero-order valence-corrected chi connectivity index (χ0v) is 13.8. The normalized spacial score (nSPS) is 12.2. The molecule has 0 aliphatic rings. The van der Waals surface area contributed by atoms with Crippen molar-refractivity contribution in [3.8, 4) is 0 Å². The summed E-state index contributed by atoms with van der Waals surface area (Å²) in [6, 6.07) is 6.27. The minimum atomic E-state index is -3.51. The second-order valence-corrected chi connectivity index (χ2v) is 7.06. The van der Waals surface area contributed by atoms with Crippen molar-refractivity contribution in [1.29, 1.82) is 0 Å². The molecule has 120 valence electrons. The second-order valence-electron chi connectivity index (χ2n) is 5.12. The summed E-state index contributed by atoms with van der Waals surface area (Å²) in [5.74, 6) is 0. The fourth-order valence-electron chi connectivity index (χ4n) is 1.90. The van der Waals surface area contributed by atoms with E-state index in [-0.39, 0.29) is 4.90 Å². The lowest BCUT2D eigenvalue weighted by atomic mass is 10.3. The number of nitrogens with zero attached hydrogens (tertiary/aromatic N) is 2. The highest BCUT2D eigenvalue weighted by Gasteiger charge is 2.23. The molecule has 0 aliphatic carbocycles. The minimum Gasteiger partial charge on any atom is -0.399 e. The van der Waals surface area contributed by atoms with Gasteiger partial charge in [0.15, 0.2) is 0 Å². The Bertz CT molecular complexity index is 515. The first kappa shape index (κ1) is 17.9. The first-order valence-electron chi connectivity index (χ1n) is 6.87. The van der Waals surface area contributed by atoms with Crippen LogP contribution in [0.1, 0.15) is 6.42 Å². The summed E-state index contributed by atoms with van der Waals surface area (Å²) in [7, 11) is 1.99. The molecule has 6 nitrogen and oxygen atoms in total. The van der Waals surface area contributed by atoms with Crippen molar-refractivity contribution in [2.45, 2.75) is 11.3 Å². The second kappa shape index (κ2) is 8.33. The van der Waals surface area contributed by atoms with Crippen molar-refractivity contribution in [3.63, 3.8) is 0 Å². The van der Waals surface area contributed by atoms with Crippen LogP contribution in [0.15, 0.2) is 29.2 Å². The third-order valence-corrected chi connectivity index (χ3v) is 4.99. The number of ether oxygens (including phenoxy) is 1. The van der Waals surface area contributed by atoms with Crippen molar-refractivity contribution >= 4 is 15.7 Å². The number of hydrogen-bond donors (Lipinski definition) is 1. The van der Waals surface area contributed by atoms with Gasteiger partial charge in [-0.2, -0.15) is 4.31 Å². The van der Waals surface area contributed by atoms with Crippen LogP contribution in [0.2, 0.25) is 0 Å². The summed E-state index contributed by atoms with van der Waals surface area (Å²) in [4.78, 5) is 2.29. The number of rotatable bonds is 9. The van der Waals surface area contributed by atoms with E-state index in [9.17, 15) is 8.42 Å². The first-order chi connectivity index (χ1) is 9.87. The standard InChI is InChI=1S/C14H25N3O3S/c1-16(2)9-4-10-17(11-12-20-3)21(18,19)14-7-5-13(15)6-8-14/h5-8H,4,9-12,15H2,1-3H3. The Morgan fingerprint density at radius 3 is 2.24 bits per heavy atom. The predicted octanol–water partition coefficient (Wildman–Crippen LogP) is 0.858. The molecule has 0 saturated carbocycles. The van der Waals surface area contributed by atoms with Gasteiger partial charge >= 0.3 is 0 Å². The van der Waals surface area contributed by atoms with E-state index in [4.69, 9.17) is 10.5 Å². The molecular weight excluding hydrogens is 290 g/mol. The number of nitrogens with two attached hydrogens (primary N) is 1. The van der Waals surface area contributed by atoms with Crippen LogP contribution < -0.4 is 5.73 Å². The fourth-order valence-corrected chi connectivity index (χ4v) is 3.36. The van der Waals surface area contributed by atoms with E-state index in [0.29, 0.717) is 25.4 Å². The van der Waals surface area contributed by atoms with Gasteiger partial charge in [-0.1, -0.05) is 0 Å². The van der Waals surface area contributed by atoms with Crippen molar-refractivity contribution < 1.29 is 13.2 Å². The fraction of sp³-hybridized carbons (Fsp3) is 0.571. The van der Waals surface area contributed by atoms with E-state index in [1.165, 1.54) is 16.4 Å². The maximum atomic E-state index is 12.6. The molecule has 0 amide bonds. The number of methoxy groups -OCH3 is 1. The molecule has 0 saturated heterocycles. The third kappa shape index (κ3) is 5.62. The van der Waals surface area contributed by atoms with Crippen LogP contribution >= 0.6 is 0 Å². The van der Waals surface area contributed by atoms with Crippen LogP contribution in [-0.2, 0) is 14.8 Å². The molecule has 0 heterocycles. The highest BCUT2D eigenvalue weighted by Crippen LogP contribution is 2.17. The molecule has 7 heteroatoms.